The fourth-order valence-electron chi connectivity index (χ4n) is 6.80. The second kappa shape index (κ2) is 19.1. The molecule has 0 aromatic heterocycles. The fourth-order valence-corrected chi connectivity index (χ4v) is 8.35. The van der Waals surface area contributed by atoms with Crippen LogP contribution < -0.4 is 10.1 Å². The van der Waals surface area contributed by atoms with Crippen LogP contribution in [-0.4, -0.2) is 90.5 Å². The van der Waals surface area contributed by atoms with Gasteiger partial charge in [-0.05, 0) is 83.0 Å². The van der Waals surface area contributed by atoms with Gasteiger partial charge in [0.2, 0.25) is 21.8 Å². The Labute approximate surface area is 267 Å². The van der Waals surface area contributed by atoms with Gasteiger partial charge in [0.15, 0.2) is 0 Å². The number of carbonyl (C=O) groups is 2. The van der Waals surface area contributed by atoms with E-state index >= 15 is 0 Å². The quantitative estimate of drug-likeness (QED) is 0.141. The van der Waals surface area contributed by atoms with Gasteiger partial charge in [-0.25, -0.2) is 13.4 Å². The van der Waals surface area contributed by atoms with Crippen LogP contribution >= 0.6 is 0 Å². The molecule has 0 saturated heterocycles. The Morgan fingerprint density at radius 2 is 1.59 bits per heavy atom. The van der Waals surface area contributed by atoms with E-state index in [1.165, 1.54) is 5.01 Å². The number of nitrogens with zero attached hydrogens (tertiary/aromatic N) is 2. The highest BCUT2D eigenvalue weighted by atomic mass is 32.2. The summed E-state index contributed by atoms with van der Waals surface area (Å²) in [7, 11) is -3.58. The van der Waals surface area contributed by atoms with E-state index in [1.54, 1.807) is 6.92 Å². The van der Waals surface area contributed by atoms with Crippen LogP contribution in [0.3, 0.4) is 0 Å². The number of aliphatic hydroxyl groups excluding tert-OH is 2. The first kappa shape index (κ1) is 38.5. The van der Waals surface area contributed by atoms with Gasteiger partial charge >= 0.3 is 0 Å². The van der Waals surface area contributed by atoms with Crippen molar-refractivity contribution in [3.63, 3.8) is 0 Å². The molecule has 2 rings (SSSR count). The smallest absolute Gasteiger partial charge is 0.225 e. The summed E-state index contributed by atoms with van der Waals surface area (Å²) in [5.74, 6) is 5.51. The second-order valence-electron chi connectivity index (χ2n) is 13.4. The van der Waals surface area contributed by atoms with E-state index in [0.29, 0.717) is 58.2 Å². The van der Waals surface area contributed by atoms with E-state index in [9.17, 15) is 28.2 Å². The second-order valence-corrected chi connectivity index (χ2v) is 15.2. The van der Waals surface area contributed by atoms with Gasteiger partial charge in [0.25, 0.3) is 0 Å². The highest BCUT2D eigenvalue weighted by molar-refractivity contribution is 7.89. The lowest BCUT2D eigenvalue weighted by Gasteiger charge is -2.37. The van der Waals surface area contributed by atoms with Crippen molar-refractivity contribution in [1.29, 1.82) is 0 Å². The summed E-state index contributed by atoms with van der Waals surface area (Å²) in [5.41, 5.74) is 0. The minimum Gasteiger partial charge on any atom is -0.393 e. The van der Waals surface area contributed by atoms with E-state index in [4.69, 9.17) is 0 Å². The van der Waals surface area contributed by atoms with Crippen molar-refractivity contribution in [2.45, 2.75) is 124 Å². The van der Waals surface area contributed by atoms with Gasteiger partial charge in [-0.15, -0.1) is 16.7 Å². The van der Waals surface area contributed by atoms with Crippen LogP contribution in [0.5, 0.6) is 0 Å². The molecule has 0 aromatic carbocycles. The number of aliphatic hydroxyl groups is 2. The Kier molecular flexibility index (Phi) is 16.7. The molecule has 0 bridgehead atoms. The maximum Gasteiger partial charge on any atom is 0.225 e. The van der Waals surface area contributed by atoms with Gasteiger partial charge in [0, 0.05) is 43.9 Å². The maximum atomic E-state index is 13.9. The Bertz CT molecular complexity index is 1040. The molecule has 0 spiro atoms. The average Bonchev–Trinajstić information content (AvgIpc) is 2.96. The molecular weight excluding hydrogens is 580 g/mol. The number of likely N-dealkylation sites (N-methyl/N-ethyl adjacent to an activating group) is 1. The molecular formula is C33H60N4O6S. The molecule has 0 aromatic rings. The zero-order valence-electron chi connectivity index (χ0n) is 28.1. The van der Waals surface area contributed by atoms with Gasteiger partial charge in [-0.2, -0.15) is 0 Å². The number of hydrazine groups is 1. The van der Waals surface area contributed by atoms with E-state index in [2.05, 4.69) is 35.8 Å². The van der Waals surface area contributed by atoms with E-state index in [1.807, 2.05) is 25.7 Å². The zero-order chi connectivity index (χ0) is 32.9. The van der Waals surface area contributed by atoms with E-state index < -0.39 is 28.1 Å². The first-order valence-electron chi connectivity index (χ1n) is 16.9. The number of hydrogen-bond acceptors (Lipinski definition) is 7. The van der Waals surface area contributed by atoms with E-state index in [-0.39, 0.29) is 53.9 Å². The Hall–Kier alpha value is -1.71. The lowest BCUT2D eigenvalue weighted by molar-refractivity contribution is -0.139. The van der Waals surface area contributed by atoms with Gasteiger partial charge < -0.3 is 20.4 Å². The molecule has 10 nitrogen and oxygen atoms in total. The van der Waals surface area contributed by atoms with Crippen molar-refractivity contribution in [3.8, 4) is 11.8 Å². The average molecular weight is 641 g/mol. The first-order chi connectivity index (χ1) is 20.8. The van der Waals surface area contributed by atoms with Gasteiger partial charge in [-0.1, -0.05) is 34.6 Å². The Morgan fingerprint density at radius 3 is 2.14 bits per heavy atom. The molecule has 0 aliphatic heterocycles. The predicted molar refractivity (Wildman–Crippen MR) is 174 cm³/mol. The molecule has 0 radical (unpaired) electrons. The molecule has 2 saturated carbocycles. The summed E-state index contributed by atoms with van der Waals surface area (Å²) >= 11 is 0. The fraction of sp³-hybridized carbons (Fsp3) is 0.879. The van der Waals surface area contributed by atoms with Crippen molar-refractivity contribution in [2.75, 3.05) is 31.9 Å². The van der Waals surface area contributed by atoms with Crippen molar-refractivity contribution in [1.82, 2.24) is 20.1 Å². The van der Waals surface area contributed by atoms with E-state index in [0.717, 1.165) is 25.7 Å². The van der Waals surface area contributed by atoms with Crippen LogP contribution in [0.1, 0.15) is 106 Å². The molecule has 11 heteroatoms. The molecule has 2 fully saturated rings. The lowest BCUT2D eigenvalue weighted by Crippen LogP contribution is -2.54. The molecule has 5 unspecified atom stereocenters. The molecule has 4 N–H and O–H groups in total. The number of nitrogens with one attached hydrogen (secondary N) is 2. The van der Waals surface area contributed by atoms with Gasteiger partial charge in [0.05, 0.1) is 24.0 Å². The number of amides is 2. The number of carbonyl (C=O) groups excluding carboxylic acids is 2. The topological polar surface area (TPSA) is 139 Å². The van der Waals surface area contributed by atoms with Crippen LogP contribution in [0.2, 0.25) is 0 Å². The maximum absolute atomic E-state index is 13.9. The Morgan fingerprint density at radius 1 is 0.977 bits per heavy atom. The first-order valence-corrected chi connectivity index (χ1v) is 18.6. The largest absolute Gasteiger partial charge is 0.393 e. The third-order valence-corrected chi connectivity index (χ3v) is 10.5. The van der Waals surface area contributed by atoms with Gasteiger partial charge in [0.1, 0.15) is 0 Å². The zero-order valence-corrected chi connectivity index (χ0v) is 28.9. The third-order valence-electron chi connectivity index (χ3n) is 8.88. The summed E-state index contributed by atoms with van der Waals surface area (Å²) in [5, 5.41) is 26.1. The van der Waals surface area contributed by atoms with Crippen LogP contribution in [-0.2, 0) is 19.6 Å². The summed E-state index contributed by atoms with van der Waals surface area (Å²) in [6.45, 7) is 13.2. The van der Waals surface area contributed by atoms with Crippen LogP contribution in [0.4, 0.5) is 0 Å². The van der Waals surface area contributed by atoms with Crippen molar-refractivity contribution in [2.24, 2.45) is 29.6 Å². The Balaban J connectivity index is 2.24. The molecule has 2 amide bonds. The summed E-state index contributed by atoms with van der Waals surface area (Å²) in [4.78, 5) is 32.0. The predicted octanol–water partition coefficient (Wildman–Crippen LogP) is 3.29. The lowest BCUT2D eigenvalue weighted by atomic mass is 9.74. The highest BCUT2D eigenvalue weighted by Crippen LogP contribution is 2.35. The molecule has 0 heterocycles. The van der Waals surface area contributed by atoms with Crippen molar-refractivity contribution in [3.05, 3.63) is 0 Å². The normalized spacial score (nSPS) is 25.6. The standard InChI is InChI=1S/C33H60N4O6S/c1-7-11-26-18-27(21-28(19-26)33(41)36(16-8-2)17-9-3)32(40)34-30(20-25-12-14-29(38)15-13-25)31(39)22-37(10-4)35-44(42,43)23-24(5)6/h24-31,35,38-39H,8-10,12-23H2,1-6H3,(H,34,40). The monoisotopic (exact) mass is 640 g/mol. The molecule has 2 aliphatic carbocycles. The number of sulfonamides is 1. The summed E-state index contributed by atoms with van der Waals surface area (Å²) in [6, 6.07) is -0.602. The molecule has 2 aliphatic rings. The third kappa shape index (κ3) is 13.0. The minimum absolute atomic E-state index is 0.0207. The molecule has 44 heavy (non-hydrogen) atoms. The summed E-state index contributed by atoms with van der Waals surface area (Å²) in [6.07, 6.45) is 5.58. The van der Waals surface area contributed by atoms with Crippen molar-refractivity contribution < 1.29 is 28.2 Å². The molecule has 5 atom stereocenters. The minimum atomic E-state index is -3.58. The SMILES string of the molecule is CC#CC1CC(C(=O)NC(CC2CCC(O)CC2)C(O)CN(CC)NS(=O)(=O)CC(C)C)CC(C(=O)N(CCC)CCC)C1. The van der Waals surface area contributed by atoms with Crippen LogP contribution in [0, 0.1) is 41.4 Å². The molecule has 254 valence electrons. The van der Waals surface area contributed by atoms with Crippen LogP contribution in [0.15, 0.2) is 0 Å². The van der Waals surface area contributed by atoms with Crippen LogP contribution in [0.25, 0.3) is 0 Å². The summed E-state index contributed by atoms with van der Waals surface area (Å²) < 4.78 is 25.2. The highest BCUT2D eigenvalue weighted by Gasteiger charge is 2.39. The number of hydrogen-bond donors (Lipinski definition) is 4. The van der Waals surface area contributed by atoms with Gasteiger partial charge in [-0.3, -0.25) is 9.59 Å². The van der Waals surface area contributed by atoms with Crippen molar-refractivity contribution >= 4 is 21.8 Å². The number of rotatable bonds is 17.